The molecule has 2 aromatic rings. The van der Waals surface area contributed by atoms with E-state index in [0.29, 0.717) is 0 Å². The van der Waals surface area contributed by atoms with Gasteiger partial charge in [-0.3, -0.25) is 0 Å². The van der Waals surface area contributed by atoms with Crippen molar-refractivity contribution in [2.75, 3.05) is 5.32 Å². The van der Waals surface area contributed by atoms with Crippen LogP contribution < -0.4 is 5.32 Å². The Balaban J connectivity index is 2.14. The molecule has 0 spiro atoms. The number of benzene rings is 2. The van der Waals surface area contributed by atoms with Crippen molar-refractivity contribution in [2.24, 2.45) is 0 Å². The largest absolute Gasteiger partial charge is 0.508 e. The molecule has 0 bridgehead atoms. The first-order valence-electron chi connectivity index (χ1n) is 5.46. The molecular formula is C14H14BrNO. The Hall–Kier alpha value is -1.48. The number of rotatable bonds is 3. The van der Waals surface area contributed by atoms with Gasteiger partial charge < -0.3 is 10.4 Å². The Bertz CT molecular complexity index is 513. The standard InChI is InChI=1S/C14H14BrNO/c1-10(11-4-2-5-12(15)8-11)16-13-6-3-7-14(17)9-13/h2-10,16-17H,1H3. The molecule has 0 aliphatic carbocycles. The topological polar surface area (TPSA) is 32.3 Å². The van der Waals surface area contributed by atoms with Crippen LogP contribution in [-0.4, -0.2) is 5.11 Å². The highest BCUT2D eigenvalue weighted by Gasteiger charge is 2.05. The van der Waals surface area contributed by atoms with Crippen LogP contribution in [0.25, 0.3) is 0 Å². The lowest BCUT2D eigenvalue weighted by atomic mass is 10.1. The summed E-state index contributed by atoms with van der Waals surface area (Å²) in [7, 11) is 0. The molecule has 0 saturated carbocycles. The van der Waals surface area contributed by atoms with Gasteiger partial charge in [0.15, 0.2) is 0 Å². The summed E-state index contributed by atoms with van der Waals surface area (Å²) >= 11 is 3.46. The number of hydrogen-bond donors (Lipinski definition) is 2. The van der Waals surface area contributed by atoms with Gasteiger partial charge in [0.1, 0.15) is 5.75 Å². The van der Waals surface area contributed by atoms with Gasteiger partial charge in [0.25, 0.3) is 0 Å². The van der Waals surface area contributed by atoms with Crippen molar-refractivity contribution in [1.82, 2.24) is 0 Å². The molecule has 0 amide bonds. The SMILES string of the molecule is CC(Nc1cccc(O)c1)c1cccc(Br)c1. The molecule has 2 N–H and O–H groups in total. The Morgan fingerprint density at radius 1 is 1.12 bits per heavy atom. The molecule has 0 aliphatic heterocycles. The minimum atomic E-state index is 0.189. The molecule has 17 heavy (non-hydrogen) atoms. The summed E-state index contributed by atoms with van der Waals surface area (Å²) < 4.78 is 1.07. The number of hydrogen-bond acceptors (Lipinski definition) is 2. The molecule has 2 nitrogen and oxygen atoms in total. The second kappa shape index (κ2) is 5.23. The van der Waals surface area contributed by atoms with Crippen molar-refractivity contribution in [3.63, 3.8) is 0 Å². The second-order valence-corrected chi connectivity index (χ2v) is 4.89. The van der Waals surface area contributed by atoms with Crippen LogP contribution in [0.5, 0.6) is 5.75 Å². The highest BCUT2D eigenvalue weighted by atomic mass is 79.9. The lowest BCUT2D eigenvalue weighted by Crippen LogP contribution is -2.06. The molecule has 2 aromatic carbocycles. The zero-order chi connectivity index (χ0) is 12.3. The van der Waals surface area contributed by atoms with E-state index in [-0.39, 0.29) is 11.8 Å². The highest BCUT2D eigenvalue weighted by Crippen LogP contribution is 2.23. The van der Waals surface area contributed by atoms with Crippen LogP contribution in [0.2, 0.25) is 0 Å². The van der Waals surface area contributed by atoms with E-state index in [1.807, 2.05) is 24.3 Å². The van der Waals surface area contributed by atoms with Crippen LogP contribution >= 0.6 is 15.9 Å². The first-order valence-corrected chi connectivity index (χ1v) is 6.25. The molecule has 1 atom stereocenters. The van der Waals surface area contributed by atoms with Gasteiger partial charge in [0.05, 0.1) is 0 Å². The first kappa shape index (κ1) is 12.0. The molecule has 1 unspecified atom stereocenters. The summed E-state index contributed by atoms with van der Waals surface area (Å²) in [6.45, 7) is 2.09. The molecule has 0 saturated heterocycles. The van der Waals surface area contributed by atoms with Gasteiger partial charge in [-0.1, -0.05) is 34.1 Å². The molecule has 2 rings (SSSR count). The number of halogens is 1. The molecule has 0 aromatic heterocycles. The predicted octanol–water partition coefficient (Wildman–Crippen LogP) is 4.33. The lowest BCUT2D eigenvalue weighted by Gasteiger charge is -2.16. The van der Waals surface area contributed by atoms with Crippen LogP contribution in [0.4, 0.5) is 5.69 Å². The molecule has 0 radical (unpaired) electrons. The monoisotopic (exact) mass is 291 g/mol. The van der Waals surface area contributed by atoms with E-state index in [2.05, 4.69) is 40.3 Å². The summed E-state index contributed by atoms with van der Waals surface area (Å²) in [5, 5.41) is 12.7. The van der Waals surface area contributed by atoms with Crippen LogP contribution in [0, 0.1) is 0 Å². The van der Waals surface area contributed by atoms with Gasteiger partial charge in [-0.25, -0.2) is 0 Å². The maximum Gasteiger partial charge on any atom is 0.117 e. The van der Waals surface area contributed by atoms with Crippen molar-refractivity contribution >= 4 is 21.6 Å². The third-order valence-electron chi connectivity index (χ3n) is 2.58. The zero-order valence-corrected chi connectivity index (χ0v) is 11.1. The second-order valence-electron chi connectivity index (χ2n) is 3.97. The third-order valence-corrected chi connectivity index (χ3v) is 3.07. The number of phenolic OH excluding ortho intramolecular Hbond substituents is 1. The average molecular weight is 292 g/mol. The van der Waals surface area contributed by atoms with Crippen LogP contribution in [0.3, 0.4) is 0 Å². The Morgan fingerprint density at radius 3 is 2.59 bits per heavy atom. The van der Waals surface area contributed by atoms with Crippen molar-refractivity contribution in [3.05, 3.63) is 58.6 Å². The minimum Gasteiger partial charge on any atom is -0.508 e. The van der Waals surface area contributed by atoms with E-state index in [4.69, 9.17) is 0 Å². The molecule has 0 fully saturated rings. The van der Waals surface area contributed by atoms with Gasteiger partial charge in [-0.15, -0.1) is 0 Å². The van der Waals surface area contributed by atoms with Gasteiger partial charge in [-0.2, -0.15) is 0 Å². The van der Waals surface area contributed by atoms with E-state index in [9.17, 15) is 5.11 Å². The van der Waals surface area contributed by atoms with Crippen LogP contribution in [0.1, 0.15) is 18.5 Å². The number of aromatic hydroxyl groups is 1. The van der Waals surface area contributed by atoms with E-state index in [1.54, 1.807) is 12.1 Å². The zero-order valence-electron chi connectivity index (χ0n) is 9.52. The van der Waals surface area contributed by atoms with Crippen molar-refractivity contribution in [3.8, 4) is 5.75 Å². The minimum absolute atomic E-state index is 0.189. The molecule has 3 heteroatoms. The van der Waals surface area contributed by atoms with Crippen LogP contribution in [0.15, 0.2) is 53.0 Å². The van der Waals surface area contributed by atoms with Crippen molar-refractivity contribution in [2.45, 2.75) is 13.0 Å². The maximum atomic E-state index is 9.39. The number of phenols is 1. The summed E-state index contributed by atoms with van der Waals surface area (Å²) in [6.07, 6.45) is 0. The Kier molecular flexibility index (Phi) is 3.69. The van der Waals surface area contributed by atoms with E-state index in [0.717, 1.165) is 10.2 Å². The average Bonchev–Trinajstić information content (AvgIpc) is 2.29. The highest BCUT2D eigenvalue weighted by molar-refractivity contribution is 9.10. The summed E-state index contributed by atoms with van der Waals surface area (Å²) in [4.78, 5) is 0. The van der Waals surface area contributed by atoms with Gasteiger partial charge in [0, 0.05) is 22.3 Å². The van der Waals surface area contributed by atoms with E-state index in [1.165, 1.54) is 5.56 Å². The van der Waals surface area contributed by atoms with Gasteiger partial charge in [0.2, 0.25) is 0 Å². The molecule has 0 aliphatic rings. The molecule has 0 heterocycles. The maximum absolute atomic E-state index is 9.39. The lowest BCUT2D eigenvalue weighted by molar-refractivity contribution is 0.475. The summed E-state index contributed by atoms with van der Waals surface area (Å²) in [6, 6.07) is 15.5. The fourth-order valence-corrected chi connectivity index (χ4v) is 2.12. The summed E-state index contributed by atoms with van der Waals surface area (Å²) in [5.41, 5.74) is 2.11. The van der Waals surface area contributed by atoms with Crippen molar-refractivity contribution in [1.29, 1.82) is 0 Å². The smallest absolute Gasteiger partial charge is 0.117 e. The third kappa shape index (κ3) is 3.24. The Labute approximate surface area is 109 Å². The normalized spacial score (nSPS) is 12.1. The van der Waals surface area contributed by atoms with Gasteiger partial charge in [-0.05, 0) is 36.8 Å². The van der Waals surface area contributed by atoms with E-state index < -0.39 is 0 Å². The molecular weight excluding hydrogens is 278 g/mol. The number of nitrogens with one attached hydrogen (secondary N) is 1. The Morgan fingerprint density at radius 2 is 1.88 bits per heavy atom. The van der Waals surface area contributed by atoms with E-state index >= 15 is 0 Å². The van der Waals surface area contributed by atoms with Crippen molar-refractivity contribution < 1.29 is 5.11 Å². The quantitative estimate of drug-likeness (QED) is 0.882. The number of anilines is 1. The fraction of sp³-hybridized carbons (Fsp3) is 0.143. The van der Waals surface area contributed by atoms with Crippen LogP contribution in [-0.2, 0) is 0 Å². The van der Waals surface area contributed by atoms with Gasteiger partial charge >= 0.3 is 0 Å². The molecule has 88 valence electrons. The fourth-order valence-electron chi connectivity index (χ4n) is 1.70. The first-order chi connectivity index (χ1) is 8.15. The predicted molar refractivity (Wildman–Crippen MR) is 74.3 cm³/mol. The summed E-state index contributed by atoms with van der Waals surface area (Å²) in [5.74, 6) is 0.274.